The summed E-state index contributed by atoms with van der Waals surface area (Å²) in [6, 6.07) is 18.7. The number of hydrogen-bond acceptors (Lipinski definition) is 1. The predicted molar refractivity (Wildman–Crippen MR) is 108 cm³/mol. The van der Waals surface area contributed by atoms with Crippen molar-refractivity contribution in [1.82, 2.24) is 0 Å². The number of anilines is 1. The molecular weight excluding hydrogens is 336 g/mol. The van der Waals surface area contributed by atoms with E-state index in [0.717, 1.165) is 25.3 Å². The van der Waals surface area contributed by atoms with Crippen molar-refractivity contribution in [3.63, 3.8) is 0 Å². The van der Waals surface area contributed by atoms with E-state index in [1.807, 2.05) is 31.2 Å². The second-order valence-corrected chi connectivity index (χ2v) is 7.61. The van der Waals surface area contributed by atoms with Crippen LogP contribution in [0.25, 0.3) is 0 Å². The molecule has 2 aromatic carbocycles. The smallest absolute Gasteiger partial charge is 0.279 e. The zero-order chi connectivity index (χ0) is 18.9. The minimum atomic E-state index is 0.0750. The van der Waals surface area contributed by atoms with Crippen LogP contribution in [0.3, 0.4) is 0 Å². The van der Waals surface area contributed by atoms with Gasteiger partial charge in [-0.2, -0.15) is 0 Å². The Kier molecular flexibility index (Phi) is 7.39. The van der Waals surface area contributed by atoms with E-state index in [1.165, 1.54) is 37.3 Å². The van der Waals surface area contributed by atoms with Gasteiger partial charge in [-0.25, -0.2) is 0 Å². The summed E-state index contributed by atoms with van der Waals surface area (Å²) in [6.07, 6.45) is 0. The molecule has 0 saturated carbocycles. The maximum absolute atomic E-state index is 12.0. The monoisotopic (exact) mass is 369 g/mol. The lowest BCUT2D eigenvalue weighted by atomic mass is 10.2. The molecule has 1 aliphatic heterocycles. The topological polar surface area (TPSA) is 54.6 Å². The van der Waals surface area contributed by atoms with Crippen LogP contribution in [0.2, 0.25) is 0 Å². The number of carbonyl (C=O) groups excluding carboxylic acids is 1. The Morgan fingerprint density at radius 1 is 0.963 bits per heavy atom. The molecule has 1 heterocycles. The summed E-state index contributed by atoms with van der Waals surface area (Å²) >= 11 is 0. The van der Waals surface area contributed by atoms with Gasteiger partial charge in [0.2, 0.25) is 0 Å². The first kappa shape index (κ1) is 19.5. The van der Waals surface area contributed by atoms with E-state index in [4.69, 9.17) is 0 Å². The Morgan fingerprint density at radius 2 is 1.63 bits per heavy atom. The number of quaternary nitrogens is 3. The van der Waals surface area contributed by atoms with Crippen LogP contribution in [-0.2, 0) is 11.3 Å². The maximum Gasteiger partial charge on any atom is 0.279 e. The SMILES string of the molecule is Cc1ccc(NC(=O)C[NH2+]CC[NH+]2CC[NH+](Cc3ccccc3)CC2)cc1. The number of nitrogens with one attached hydrogen (secondary N) is 3. The van der Waals surface area contributed by atoms with Crippen molar-refractivity contribution in [2.45, 2.75) is 13.5 Å². The molecular formula is C22H33N4O+3. The molecule has 5 N–H and O–H groups in total. The summed E-state index contributed by atoms with van der Waals surface area (Å²) in [7, 11) is 0. The number of amides is 1. The number of carbonyl (C=O) groups is 1. The van der Waals surface area contributed by atoms with Crippen LogP contribution in [0.5, 0.6) is 0 Å². The van der Waals surface area contributed by atoms with Crippen molar-refractivity contribution < 1.29 is 19.9 Å². The molecule has 1 fully saturated rings. The van der Waals surface area contributed by atoms with Crippen molar-refractivity contribution in [3.8, 4) is 0 Å². The molecule has 5 nitrogen and oxygen atoms in total. The molecule has 1 amide bonds. The average Bonchev–Trinajstić information content (AvgIpc) is 2.69. The summed E-state index contributed by atoms with van der Waals surface area (Å²) in [5.74, 6) is 0.0750. The van der Waals surface area contributed by atoms with Gasteiger partial charge in [0.25, 0.3) is 5.91 Å². The molecule has 1 aliphatic rings. The van der Waals surface area contributed by atoms with Crippen LogP contribution < -0.4 is 20.4 Å². The van der Waals surface area contributed by atoms with Gasteiger partial charge in [0.05, 0.1) is 0 Å². The Hall–Kier alpha value is -2.21. The first-order valence-corrected chi connectivity index (χ1v) is 10.1. The summed E-state index contributed by atoms with van der Waals surface area (Å²) < 4.78 is 0. The van der Waals surface area contributed by atoms with Gasteiger partial charge < -0.3 is 20.4 Å². The van der Waals surface area contributed by atoms with Crippen molar-refractivity contribution in [2.24, 2.45) is 0 Å². The number of piperazine rings is 1. The van der Waals surface area contributed by atoms with Crippen molar-refractivity contribution in [3.05, 3.63) is 65.7 Å². The third kappa shape index (κ3) is 6.79. The predicted octanol–water partition coefficient (Wildman–Crippen LogP) is -1.52. The number of benzene rings is 2. The van der Waals surface area contributed by atoms with Gasteiger partial charge in [0.15, 0.2) is 6.54 Å². The molecule has 144 valence electrons. The maximum atomic E-state index is 12.0. The molecule has 0 radical (unpaired) electrons. The highest BCUT2D eigenvalue weighted by molar-refractivity contribution is 5.91. The Labute approximate surface area is 162 Å². The van der Waals surface area contributed by atoms with Gasteiger partial charge in [0.1, 0.15) is 45.8 Å². The lowest BCUT2D eigenvalue weighted by molar-refractivity contribution is -1.02. The lowest BCUT2D eigenvalue weighted by Crippen LogP contribution is -3.28. The zero-order valence-electron chi connectivity index (χ0n) is 16.3. The quantitative estimate of drug-likeness (QED) is 0.420. The van der Waals surface area contributed by atoms with Gasteiger partial charge >= 0.3 is 0 Å². The van der Waals surface area contributed by atoms with Crippen LogP contribution in [0.4, 0.5) is 5.69 Å². The third-order valence-electron chi connectivity index (χ3n) is 5.33. The van der Waals surface area contributed by atoms with Crippen LogP contribution >= 0.6 is 0 Å². The lowest BCUT2D eigenvalue weighted by Gasteiger charge is -2.29. The van der Waals surface area contributed by atoms with E-state index in [9.17, 15) is 4.79 Å². The highest BCUT2D eigenvalue weighted by atomic mass is 16.1. The molecule has 0 unspecified atom stereocenters. The molecule has 3 rings (SSSR count). The molecule has 0 atom stereocenters. The molecule has 0 spiro atoms. The highest BCUT2D eigenvalue weighted by Gasteiger charge is 2.23. The first-order chi connectivity index (χ1) is 13.2. The molecule has 2 aromatic rings. The summed E-state index contributed by atoms with van der Waals surface area (Å²) in [5, 5.41) is 5.08. The first-order valence-electron chi connectivity index (χ1n) is 10.1. The largest absolute Gasteiger partial charge is 0.334 e. The van der Waals surface area contributed by atoms with Crippen molar-refractivity contribution in [1.29, 1.82) is 0 Å². The third-order valence-corrected chi connectivity index (χ3v) is 5.33. The number of aryl methyl sites for hydroxylation is 1. The summed E-state index contributed by atoms with van der Waals surface area (Å²) in [6.45, 7) is 10.7. The second-order valence-electron chi connectivity index (χ2n) is 7.61. The number of rotatable bonds is 8. The molecule has 27 heavy (non-hydrogen) atoms. The van der Waals surface area contributed by atoms with Gasteiger partial charge in [-0.05, 0) is 19.1 Å². The number of hydrogen-bond donors (Lipinski definition) is 4. The van der Waals surface area contributed by atoms with E-state index in [1.54, 1.807) is 9.80 Å². The zero-order valence-corrected chi connectivity index (χ0v) is 16.3. The van der Waals surface area contributed by atoms with E-state index in [0.29, 0.717) is 6.54 Å². The highest BCUT2D eigenvalue weighted by Crippen LogP contribution is 2.07. The molecule has 5 heteroatoms. The van der Waals surface area contributed by atoms with Crippen LogP contribution in [0.1, 0.15) is 11.1 Å². The van der Waals surface area contributed by atoms with E-state index in [-0.39, 0.29) is 5.91 Å². The van der Waals surface area contributed by atoms with Gasteiger partial charge in [-0.15, -0.1) is 0 Å². The Morgan fingerprint density at radius 3 is 2.33 bits per heavy atom. The number of nitrogens with two attached hydrogens (primary N) is 1. The van der Waals surface area contributed by atoms with Crippen molar-refractivity contribution >= 4 is 11.6 Å². The molecule has 0 bridgehead atoms. The fraction of sp³-hybridized carbons (Fsp3) is 0.409. The van der Waals surface area contributed by atoms with E-state index in [2.05, 4.69) is 41.0 Å². The molecule has 1 saturated heterocycles. The Balaban J connectivity index is 1.27. The van der Waals surface area contributed by atoms with E-state index >= 15 is 0 Å². The fourth-order valence-electron chi connectivity index (χ4n) is 3.66. The minimum Gasteiger partial charge on any atom is -0.334 e. The standard InChI is InChI=1S/C22H30N4O/c1-19-7-9-21(10-8-19)24-22(27)17-23-11-12-25-13-15-26(16-14-25)18-20-5-3-2-4-6-20/h2-10,23H,11-18H2,1H3,(H,24,27)/p+3. The van der Waals surface area contributed by atoms with Crippen LogP contribution in [0, 0.1) is 6.92 Å². The summed E-state index contributed by atoms with van der Waals surface area (Å²) in [4.78, 5) is 15.4. The van der Waals surface area contributed by atoms with Crippen LogP contribution in [-0.4, -0.2) is 51.7 Å². The van der Waals surface area contributed by atoms with Gasteiger partial charge in [0, 0.05) is 11.3 Å². The fourth-order valence-corrected chi connectivity index (χ4v) is 3.66. The van der Waals surface area contributed by atoms with E-state index < -0.39 is 0 Å². The average molecular weight is 370 g/mol. The molecule has 0 aliphatic carbocycles. The van der Waals surface area contributed by atoms with Gasteiger partial charge in [-0.1, -0.05) is 48.0 Å². The van der Waals surface area contributed by atoms with Gasteiger partial charge in [-0.3, -0.25) is 4.79 Å². The second kappa shape index (κ2) is 10.2. The Bertz CT molecular complexity index is 694. The van der Waals surface area contributed by atoms with Crippen molar-refractivity contribution in [2.75, 3.05) is 51.1 Å². The normalized spacial score (nSPS) is 19.6. The summed E-state index contributed by atoms with van der Waals surface area (Å²) in [5.41, 5.74) is 3.51. The minimum absolute atomic E-state index is 0.0750. The molecule has 0 aromatic heterocycles. The van der Waals surface area contributed by atoms with Crippen LogP contribution in [0.15, 0.2) is 54.6 Å².